The first-order chi connectivity index (χ1) is 11.1. The standard InChI is InChI=1S/C16H21N3O3S/c1-23-9-8-11(10-20)17-15(21)7-6-14-18-13-5-3-2-4-12(13)16(22)19-14/h2-5,11,20H,6-10H2,1H3,(H,17,21)(H,18,19,22)/t11-/m0/s1. The number of nitrogens with zero attached hydrogens (tertiary/aromatic N) is 1. The highest BCUT2D eigenvalue weighted by atomic mass is 32.2. The fraction of sp³-hybridized carbons (Fsp3) is 0.438. The van der Waals surface area contributed by atoms with Crippen LogP contribution in [0.5, 0.6) is 0 Å². The van der Waals surface area contributed by atoms with E-state index >= 15 is 0 Å². The van der Waals surface area contributed by atoms with E-state index in [1.807, 2.05) is 12.3 Å². The molecule has 1 aromatic carbocycles. The molecule has 1 atom stereocenters. The van der Waals surface area contributed by atoms with Gasteiger partial charge in [-0.05, 0) is 30.6 Å². The number of fused-ring (bicyclic) bond motifs is 1. The summed E-state index contributed by atoms with van der Waals surface area (Å²) in [6.07, 6.45) is 3.29. The maximum absolute atomic E-state index is 12.0. The van der Waals surface area contributed by atoms with Crippen LogP contribution in [0.15, 0.2) is 29.1 Å². The molecule has 3 N–H and O–H groups in total. The number of para-hydroxylation sites is 1. The Morgan fingerprint density at radius 3 is 2.96 bits per heavy atom. The molecule has 1 amide bonds. The summed E-state index contributed by atoms with van der Waals surface area (Å²) in [5, 5.41) is 12.6. The summed E-state index contributed by atoms with van der Waals surface area (Å²) in [6.45, 7) is -0.0721. The molecule has 2 aromatic rings. The number of aliphatic hydroxyl groups excluding tert-OH is 1. The zero-order valence-electron chi connectivity index (χ0n) is 13.0. The Kier molecular flexibility index (Phi) is 6.61. The van der Waals surface area contributed by atoms with Crippen LogP contribution in [0.3, 0.4) is 0 Å². The predicted octanol–water partition coefficient (Wildman–Crippen LogP) is 1.09. The van der Waals surface area contributed by atoms with Gasteiger partial charge in [-0.2, -0.15) is 11.8 Å². The zero-order valence-corrected chi connectivity index (χ0v) is 13.9. The van der Waals surface area contributed by atoms with E-state index in [1.54, 1.807) is 30.0 Å². The Balaban J connectivity index is 1.95. The number of rotatable bonds is 8. The first kappa shape index (κ1) is 17.5. The Labute approximate surface area is 138 Å². The average molecular weight is 335 g/mol. The van der Waals surface area contributed by atoms with Gasteiger partial charge in [0.1, 0.15) is 5.82 Å². The number of hydrogen-bond acceptors (Lipinski definition) is 5. The zero-order chi connectivity index (χ0) is 16.7. The van der Waals surface area contributed by atoms with Crippen molar-refractivity contribution in [2.75, 3.05) is 18.6 Å². The van der Waals surface area contributed by atoms with Crippen LogP contribution in [0.1, 0.15) is 18.7 Å². The van der Waals surface area contributed by atoms with E-state index in [1.165, 1.54) is 0 Å². The van der Waals surface area contributed by atoms with Crippen LogP contribution in [0, 0.1) is 0 Å². The smallest absolute Gasteiger partial charge is 0.258 e. The number of aryl methyl sites for hydroxylation is 1. The van der Waals surface area contributed by atoms with Gasteiger partial charge < -0.3 is 15.4 Å². The number of carbonyl (C=O) groups excluding carboxylic acids is 1. The van der Waals surface area contributed by atoms with Gasteiger partial charge in [0.2, 0.25) is 5.91 Å². The molecule has 0 unspecified atom stereocenters. The van der Waals surface area contributed by atoms with Gasteiger partial charge in [0, 0.05) is 12.8 Å². The van der Waals surface area contributed by atoms with E-state index in [0.717, 1.165) is 12.2 Å². The monoisotopic (exact) mass is 335 g/mol. The highest BCUT2D eigenvalue weighted by Gasteiger charge is 2.12. The van der Waals surface area contributed by atoms with Crippen LogP contribution < -0.4 is 10.9 Å². The second-order valence-corrected chi connectivity index (χ2v) is 6.24. The summed E-state index contributed by atoms with van der Waals surface area (Å²) in [5.41, 5.74) is 0.430. The molecular weight excluding hydrogens is 314 g/mol. The van der Waals surface area contributed by atoms with Crippen LogP contribution in [0.4, 0.5) is 0 Å². The van der Waals surface area contributed by atoms with Gasteiger partial charge in [0.15, 0.2) is 0 Å². The first-order valence-electron chi connectivity index (χ1n) is 7.51. The van der Waals surface area contributed by atoms with Crippen molar-refractivity contribution < 1.29 is 9.90 Å². The number of benzene rings is 1. The Morgan fingerprint density at radius 2 is 2.22 bits per heavy atom. The maximum atomic E-state index is 12.0. The van der Waals surface area contributed by atoms with Crippen molar-refractivity contribution in [3.05, 3.63) is 40.4 Å². The number of hydrogen-bond donors (Lipinski definition) is 3. The SMILES string of the molecule is CSCC[C@@H](CO)NC(=O)CCc1nc2ccccc2c(=O)[nH]1. The lowest BCUT2D eigenvalue weighted by molar-refractivity contribution is -0.122. The molecule has 0 aliphatic rings. The lowest BCUT2D eigenvalue weighted by Crippen LogP contribution is -2.38. The molecule has 0 aliphatic carbocycles. The lowest BCUT2D eigenvalue weighted by Gasteiger charge is -2.15. The third-order valence-corrected chi connectivity index (χ3v) is 4.15. The molecular formula is C16H21N3O3S. The van der Waals surface area contributed by atoms with Gasteiger partial charge in [0.25, 0.3) is 5.56 Å². The summed E-state index contributed by atoms with van der Waals surface area (Å²) in [7, 11) is 0. The Morgan fingerprint density at radius 1 is 1.43 bits per heavy atom. The van der Waals surface area contributed by atoms with Crippen molar-refractivity contribution in [3.8, 4) is 0 Å². The largest absolute Gasteiger partial charge is 0.394 e. The van der Waals surface area contributed by atoms with Crippen molar-refractivity contribution in [1.29, 1.82) is 0 Å². The molecule has 7 heteroatoms. The second kappa shape index (κ2) is 8.69. The van der Waals surface area contributed by atoms with Gasteiger partial charge in [0.05, 0.1) is 23.6 Å². The lowest BCUT2D eigenvalue weighted by atomic mass is 10.2. The van der Waals surface area contributed by atoms with Crippen LogP contribution in [-0.2, 0) is 11.2 Å². The number of H-pyrrole nitrogens is 1. The van der Waals surface area contributed by atoms with E-state index in [4.69, 9.17) is 0 Å². The molecule has 0 spiro atoms. The molecule has 0 fully saturated rings. The third-order valence-electron chi connectivity index (χ3n) is 3.51. The topological polar surface area (TPSA) is 95.1 Å². The molecule has 0 saturated carbocycles. The minimum Gasteiger partial charge on any atom is -0.394 e. The van der Waals surface area contributed by atoms with Crippen LogP contribution in [0.2, 0.25) is 0 Å². The summed E-state index contributed by atoms with van der Waals surface area (Å²) >= 11 is 1.67. The minimum absolute atomic E-state index is 0.0721. The quantitative estimate of drug-likeness (QED) is 0.671. The van der Waals surface area contributed by atoms with E-state index in [-0.39, 0.29) is 30.5 Å². The van der Waals surface area contributed by atoms with Gasteiger partial charge in [-0.3, -0.25) is 9.59 Å². The number of aromatic nitrogens is 2. The van der Waals surface area contributed by atoms with E-state index in [0.29, 0.717) is 23.1 Å². The molecule has 0 radical (unpaired) electrons. The summed E-state index contributed by atoms with van der Waals surface area (Å²) in [5.74, 6) is 1.22. The van der Waals surface area contributed by atoms with Crippen molar-refractivity contribution >= 4 is 28.6 Å². The number of nitrogens with one attached hydrogen (secondary N) is 2. The number of aromatic amines is 1. The molecule has 23 heavy (non-hydrogen) atoms. The van der Waals surface area contributed by atoms with Gasteiger partial charge >= 0.3 is 0 Å². The Bertz CT molecular complexity index is 717. The molecule has 1 aromatic heterocycles. The number of aliphatic hydroxyl groups is 1. The normalized spacial score (nSPS) is 12.3. The average Bonchev–Trinajstić information content (AvgIpc) is 2.57. The fourth-order valence-corrected chi connectivity index (χ4v) is 2.77. The van der Waals surface area contributed by atoms with Crippen molar-refractivity contribution in [2.45, 2.75) is 25.3 Å². The summed E-state index contributed by atoms with van der Waals surface area (Å²) in [4.78, 5) is 31.0. The molecule has 0 bridgehead atoms. The maximum Gasteiger partial charge on any atom is 0.258 e. The molecule has 124 valence electrons. The van der Waals surface area contributed by atoms with E-state index in [2.05, 4.69) is 15.3 Å². The highest BCUT2D eigenvalue weighted by Crippen LogP contribution is 2.07. The molecule has 0 saturated heterocycles. The number of carbonyl (C=O) groups is 1. The third kappa shape index (κ3) is 5.07. The molecule has 2 rings (SSSR count). The van der Waals surface area contributed by atoms with E-state index in [9.17, 15) is 14.7 Å². The minimum atomic E-state index is -0.224. The molecule has 1 heterocycles. The fourth-order valence-electron chi connectivity index (χ4n) is 2.25. The first-order valence-corrected chi connectivity index (χ1v) is 8.90. The Hall–Kier alpha value is -1.86. The van der Waals surface area contributed by atoms with Crippen molar-refractivity contribution in [2.24, 2.45) is 0 Å². The van der Waals surface area contributed by atoms with Gasteiger partial charge in [-0.15, -0.1) is 0 Å². The second-order valence-electron chi connectivity index (χ2n) is 5.26. The summed E-state index contributed by atoms with van der Waals surface area (Å²) < 4.78 is 0. The van der Waals surface area contributed by atoms with E-state index < -0.39 is 0 Å². The predicted molar refractivity (Wildman–Crippen MR) is 92.7 cm³/mol. The number of thioether (sulfide) groups is 1. The summed E-state index contributed by atoms with van der Waals surface area (Å²) in [6, 6.07) is 6.88. The van der Waals surface area contributed by atoms with Crippen LogP contribution >= 0.6 is 11.8 Å². The van der Waals surface area contributed by atoms with Gasteiger partial charge in [-0.1, -0.05) is 12.1 Å². The van der Waals surface area contributed by atoms with Crippen molar-refractivity contribution in [3.63, 3.8) is 0 Å². The van der Waals surface area contributed by atoms with Gasteiger partial charge in [-0.25, -0.2) is 4.98 Å². The highest BCUT2D eigenvalue weighted by molar-refractivity contribution is 7.98. The number of amides is 1. The molecule has 6 nitrogen and oxygen atoms in total. The van der Waals surface area contributed by atoms with Crippen molar-refractivity contribution in [1.82, 2.24) is 15.3 Å². The van der Waals surface area contributed by atoms with Crippen LogP contribution in [0.25, 0.3) is 10.9 Å². The van der Waals surface area contributed by atoms with Crippen LogP contribution in [-0.4, -0.2) is 45.6 Å². The molecule has 0 aliphatic heterocycles.